The fourth-order valence-electron chi connectivity index (χ4n) is 7.56. The van der Waals surface area contributed by atoms with Crippen LogP contribution in [0.5, 0.6) is 0 Å². The lowest BCUT2D eigenvalue weighted by Crippen LogP contribution is -2.30. The molecule has 0 radical (unpaired) electrons. The number of carbonyl (C=O) groups excluding carboxylic acids is 3. The van der Waals surface area contributed by atoms with Crippen molar-refractivity contribution in [3.8, 4) is 0 Å². The van der Waals surface area contributed by atoms with E-state index >= 15 is 0 Å². The minimum Gasteiger partial charge on any atom is -0.462 e. The van der Waals surface area contributed by atoms with Crippen molar-refractivity contribution in [1.29, 1.82) is 0 Å². The fourth-order valence-corrected chi connectivity index (χ4v) is 7.56. The van der Waals surface area contributed by atoms with Gasteiger partial charge >= 0.3 is 17.9 Å². The summed E-state index contributed by atoms with van der Waals surface area (Å²) in [7, 11) is 0. The molecule has 0 rings (SSSR count). The van der Waals surface area contributed by atoms with Crippen LogP contribution in [0.25, 0.3) is 0 Å². The van der Waals surface area contributed by atoms with Crippen LogP contribution in [0.1, 0.15) is 252 Å². The van der Waals surface area contributed by atoms with E-state index in [1.807, 2.05) is 0 Å². The third kappa shape index (κ3) is 54.9. The molecule has 0 aromatic heterocycles. The first kappa shape index (κ1) is 65.1. The first-order valence-corrected chi connectivity index (χ1v) is 28.4. The first-order chi connectivity index (χ1) is 34.0. The zero-order valence-electron chi connectivity index (χ0n) is 44.8. The Kier molecular flexibility index (Phi) is 53.4. The van der Waals surface area contributed by atoms with Gasteiger partial charge in [-0.3, -0.25) is 14.4 Å². The van der Waals surface area contributed by atoms with E-state index in [4.69, 9.17) is 14.2 Å². The van der Waals surface area contributed by atoms with E-state index in [1.165, 1.54) is 89.9 Å². The second kappa shape index (κ2) is 56.7. The van der Waals surface area contributed by atoms with Gasteiger partial charge in [-0.15, -0.1) is 0 Å². The summed E-state index contributed by atoms with van der Waals surface area (Å²) in [6.45, 7) is 6.40. The summed E-state index contributed by atoms with van der Waals surface area (Å²) in [5.41, 5.74) is 0. The van der Waals surface area contributed by atoms with Crippen LogP contribution < -0.4 is 0 Å². The third-order valence-corrected chi connectivity index (χ3v) is 11.8. The maximum atomic E-state index is 12.8. The number of unbranched alkanes of at least 4 members (excludes halogenated alkanes) is 21. The Hall–Kier alpha value is -3.93. The number of esters is 3. The van der Waals surface area contributed by atoms with Gasteiger partial charge in [-0.2, -0.15) is 0 Å². The van der Waals surface area contributed by atoms with Crippen molar-refractivity contribution in [2.75, 3.05) is 13.2 Å². The highest BCUT2D eigenvalue weighted by Crippen LogP contribution is 2.15. The van der Waals surface area contributed by atoms with Gasteiger partial charge in [0.15, 0.2) is 6.10 Å². The Morgan fingerprint density at radius 2 is 0.565 bits per heavy atom. The van der Waals surface area contributed by atoms with Gasteiger partial charge in [-0.1, -0.05) is 259 Å². The Bertz CT molecular complexity index is 1420. The van der Waals surface area contributed by atoms with E-state index < -0.39 is 6.10 Å². The van der Waals surface area contributed by atoms with Crippen LogP contribution in [0, 0.1) is 0 Å². The Morgan fingerprint density at radius 1 is 0.304 bits per heavy atom. The van der Waals surface area contributed by atoms with Crippen LogP contribution in [-0.4, -0.2) is 37.2 Å². The maximum absolute atomic E-state index is 12.8. The molecular weight excluding hydrogens is 853 g/mol. The van der Waals surface area contributed by atoms with Gasteiger partial charge < -0.3 is 14.2 Å². The Morgan fingerprint density at radius 3 is 0.884 bits per heavy atom. The summed E-state index contributed by atoms with van der Waals surface area (Å²) >= 11 is 0. The number of hydrogen-bond acceptors (Lipinski definition) is 6. The van der Waals surface area contributed by atoms with Crippen LogP contribution in [0.2, 0.25) is 0 Å². The molecule has 0 spiro atoms. The highest BCUT2D eigenvalue weighted by Gasteiger charge is 2.19. The van der Waals surface area contributed by atoms with E-state index in [0.29, 0.717) is 19.3 Å². The van der Waals surface area contributed by atoms with Gasteiger partial charge in [0.1, 0.15) is 13.2 Å². The summed E-state index contributed by atoms with van der Waals surface area (Å²) in [5.74, 6) is -0.971. The van der Waals surface area contributed by atoms with Gasteiger partial charge in [0.2, 0.25) is 0 Å². The molecule has 69 heavy (non-hydrogen) atoms. The van der Waals surface area contributed by atoms with Gasteiger partial charge in [-0.25, -0.2) is 0 Å². The number of rotatable bonds is 50. The summed E-state index contributed by atoms with van der Waals surface area (Å²) in [6, 6.07) is 0. The predicted octanol–water partition coefficient (Wildman–Crippen LogP) is 19.1. The van der Waals surface area contributed by atoms with Gasteiger partial charge in [0, 0.05) is 19.3 Å². The molecule has 0 amide bonds. The van der Waals surface area contributed by atoms with E-state index in [1.54, 1.807) is 0 Å². The molecule has 0 aromatic carbocycles. The van der Waals surface area contributed by atoms with Crippen molar-refractivity contribution in [1.82, 2.24) is 0 Å². The molecule has 6 heteroatoms. The predicted molar refractivity (Wildman–Crippen MR) is 297 cm³/mol. The minimum atomic E-state index is -0.797. The lowest BCUT2D eigenvalue weighted by molar-refractivity contribution is -0.167. The van der Waals surface area contributed by atoms with Crippen molar-refractivity contribution in [3.63, 3.8) is 0 Å². The van der Waals surface area contributed by atoms with Crippen molar-refractivity contribution in [2.45, 2.75) is 258 Å². The topological polar surface area (TPSA) is 78.9 Å². The Balaban J connectivity index is 4.22. The maximum Gasteiger partial charge on any atom is 0.306 e. The van der Waals surface area contributed by atoms with Crippen LogP contribution in [-0.2, 0) is 28.6 Å². The largest absolute Gasteiger partial charge is 0.462 e. The number of carbonyl (C=O) groups is 3. The van der Waals surface area contributed by atoms with Crippen LogP contribution in [0.4, 0.5) is 0 Å². The fraction of sp³-hybridized carbons (Fsp3) is 0.667. The number of hydrogen-bond donors (Lipinski definition) is 0. The average molecular weight is 958 g/mol. The smallest absolute Gasteiger partial charge is 0.306 e. The van der Waals surface area contributed by atoms with Gasteiger partial charge in [0.25, 0.3) is 0 Å². The van der Waals surface area contributed by atoms with Gasteiger partial charge in [0.05, 0.1) is 0 Å². The molecule has 0 aromatic rings. The van der Waals surface area contributed by atoms with Crippen molar-refractivity contribution < 1.29 is 28.6 Å². The molecule has 0 heterocycles. The lowest BCUT2D eigenvalue weighted by Gasteiger charge is -2.18. The lowest BCUT2D eigenvalue weighted by atomic mass is 10.0. The Labute approximate surface area is 425 Å². The van der Waals surface area contributed by atoms with E-state index in [0.717, 1.165) is 116 Å². The zero-order chi connectivity index (χ0) is 50.0. The first-order valence-electron chi connectivity index (χ1n) is 28.4. The minimum absolute atomic E-state index is 0.0958. The highest BCUT2D eigenvalue weighted by molar-refractivity contribution is 5.71. The molecule has 0 fully saturated rings. The highest BCUT2D eigenvalue weighted by atomic mass is 16.6. The molecule has 0 N–H and O–H groups in total. The summed E-state index contributed by atoms with van der Waals surface area (Å²) in [5, 5.41) is 0. The van der Waals surface area contributed by atoms with Gasteiger partial charge in [-0.05, 0) is 83.5 Å². The van der Waals surface area contributed by atoms with Crippen LogP contribution in [0.3, 0.4) is 0 Å². The molecule has 1 atom stereocenters. The van der Waals surface area contributed by atoms with E-state index in [-0.39, 0.29) is 37.5 Å². The van der Waals surface area contributed by atoms with Crippen LogP contribution >= 0.6 is 0 Å². The number of allylic oxidation sites excluding steroid dienone is 18. The molecule has 0 aliphatic heterocycles. The third-order valence-electron chi connectivity index (χ3n) is 11.8. The normalized spacial score (nSPS) is 12.9. The molecule has 0 bridgehead atoms. The SMILES string of the molecule is CC/C=C\C/C=C\C/C=C\C/C=C\C/C=C\C/C=C\C/C=C\C/C=C\C/C=C\CCCC(=O)OCC(COC(=O)CCCCCCC)OC(=O)CCCCCCCCCCCCCCCCCCC. The van der Waals surface area contributed by atoms with Crippen LogP contribution in [0.15, 0.2) is 109 Å². The molecule has 6 nitrogen and oxygen atoms in total. The van der Waals surface area contributed by atoms with E-state index in [2.05, 4.69) is 130 Å². The molecule has 0 aliphatic rings. The quantitative estimate of drug-likeness (QED) is 0.0262. The van der Waals surface area contributed by atoms with Crippen molar-refractivity contribution in [2.24, 2.45) is 0 Å². The second-order valence-electron chi connectivity index (χ2n) is 18.5. The second-order valence-corrected chi connectivity index (χ2v) is 18.5. The van der Waals surface area contributed by atoms with Crippen molar-refractivity contribution in [3.05, 3.63) is 109 Å². The summed E-state index contributed by atoms with van der Waals surface area (Å²) in [6.07, 6.45) is 77.0. The molecule has 0 aliphatic carbocycles. The zero-order valence-corrected chi connectivity index (χ0v) is 44.8. The molecule has 1 unspecified atom stereocenters. The standard InChI is InChI=1S/C63H104O6/c1-4-7-10-13-15-17-19-21-23-25-26-27-28-29-30-31-32-33-34-35-36-38-39-41-43-45-47-50-53-56-62(65)68-59-60(58-67-61(64)55-52-49-12-9-6-3)69-63(66)57-54-51-48-46-44-42-40-37-24-22-20-18-16-14-11-8-5-2/h7,10,15,17,21,23,26-27,29-30,32-33,35-36,39,41,45,47,60H,4-6,8-9,11-14,16,18-20,22,24-25,28,31,34,37-38,40,42-44,46,48-59H2,1-3H3/b10-7-,17-15-,23-21-,27-26-,30-29-,33-32-,36-35-,41-39-,47-45-. The monoisotopic (exact) mass is 957 g/mol. The summed E-state index contributed by atoms with van der Waals surface area (Å²) < 4.78 is 16.7. The average Bonchev–Trinajstić information content (AvgIpc) is 3.35. The molecular formula is C63H104O6. The number of ether oxygens (including phenoxy) is 3. The molecule has 0 saturated heterocycles. The van der Waals surface area contributed by atoms with Crippen molar-refractivity contribution >= 4 is 17.9 Å². The summed E-state index contributed by atoms with van der Waals surface area (Å²) in [4.78, 5) is 37.7. The van der Waals surface area contributed by atoms with E-state index in [9.17, 15) is 14.4 Å². The molecule has 392 valence electrons. The molecule has 0 saturated carbocycles.